The average Bonchev–Trinajstić information content (AvgIpc) is 2.76. The summed E-state index contributed by atoms with van der Waals surface area (Å²) >= 11 is 0. The number of aromatic nitrogens is 1. The molecule has 3 heterocycles. The Bertz CT molecular complexity index is 978. The van der Waals surface area contributed by atoms with E-state index in [2.05, 4.69) is 54.3 Å². The molecule has 1 saturated heterocycles. The molecule has 0 saturated carbocycles. The number of anilines is 1. The van der Waals surface area contributed by atoms with Crippen molar-refractivity contribution in [2.24, 2.45) is 0 Å². The smallest absolute Gasteiger partial charge is 0.182 e. The van der Waals surface area contributed by atoms with E-state index in [1.165, 1.54) is 5.57 Å². The predicted molar refractivity (Wildman–Crippen MR) is 125 cm³/mol. The van der Waals surface area contributed by atoms with Crippen LogP contribution in [0.25, 0.3) is 10.9 Å². The Balaban J connectivity index is 1.47. The molecule has 31 heavy (non-hydrogen) atoms. The summed E-state index contributed by atoms with van der Waals surface area (Å²) in [6.07, 6.45) is 6.29. The number of pyridine rings is 1. The van der Waals surface area contributed by atoms with E-state index in [-0.39, 0.29) is 5.60 Å². The number of piperidine rings is 1. The van der Waals surface area contributed by atoms with Crippen molar-refractivity contribution in [1.82, 2.24) is 9.88 Å². The van der Waals surface area contributed by atoms with Crippen molar-refractivity contribution >= 4 is 16.6 Å². The summed E-state index contributed by atoms with van der Waals surface area (Å²) in [6.45, 7) is 14.6. The number of nitrogens with zero attached hydrogens (tertiary/aromatic N) is 3. The van der Waals surface area contributed by atoms with Gasteiger partial charge in [0, 0.05) is 25.0 Å². The van der Waals surface area contributed by atoms with Gasteiger partial charge < -0.3 is 24.0 Å². The third-order valence-corrected chi connectivity index (χ3v) is 5.73. The minimum atomic E-state index is -0.211. The Morgan fingerprint density at radius 3 is 2.71 bits per heavy atom. The maximum Gasteiger partial charge on any atom is 0.182 e. The van der Waals surface area contributed by atoms with Gasteiger partial charge in [-0.25, -0.2) is 0 Å². The van der Waals surface area contributed by atoms with E-state index >= 15 is 0 Å². The van der Waals surface area contributed by atoms with Crippen LogP contribution in [0.1, 0.15) is 33.6 Å². The van der Waals surface area contributed by atoms with Gasteiger partial charge in [0.2, 0.25) is 0 Å². The van der Waals surface area contributed by atoms with Crippen LogP contribution in [0, 0.1) is 0 Å². The van der Waals surface area contributed by atoms with Gasteiger partial charge in [0.25, 0.3) is 0 Å². The zero-order chi connectivity index (χ0) is 22.0. The maximum absolute atomic E-state index is 5.94. The maximum atomic E-state index is 5.94. The van der Waals surface area contributed by atoms with Crippen molar-refractivity contribution in [3.63, 3.8) is 0 Å². The zero-order valence-corrected chi connectivity index (χ0v) is 19.1. The highest BCUT2D eigenvalue weighted by molar-refractivity contribution is 5.96. The summed E-state index contributed by atoms with van der Waals surface area (Å²) < 4.78 is 17.3. The number of fused-ring (bicyclic) bond motifs is 3. The molecule has 0 bridgehead atoms. The minimum Gasteiger partial charge on any atom is -0.497 e. The molecular formula is C25H33N3O3. The number of hydrogen-bond acceptors (Lipinski definition) is 6. The number of likely N-dealkylation sites (tertiary alicyclic amines) is 1. The Hall–Kier alpha value is -2.89. The van der Waals surface area contributed by atoms with Gasteiger partial charge in [0.05, 0.1) is 31.1 Å². The quantitative estimate of drug-likeness (QED) is 0.511. The van der Waals surface area contributed by atoms with Gasteiger partial charge in [-0.3, -0.25) is 4.98 Å². The van der Waals surface area contributed by atoms with Gasteiger partial charge in [0.1, 0.15) is 18.0 Å². The molecule has 0 spiro atoms. The molecule has 6 heteroatoms. The number of methoxy groups -OCH3 is 1. The van der Waals surface area contributed by atoms with Crippen LogP contribution in [0.15, 0.2) is 48.5 Å². The summed E-state index contributed by atoms with van der Waals surface area (Å²) in [7, 11) is 1.69. The van der Waals surface area contributed by atoms with Gasteiger partial charge in [-0.2, -0.15) is 0 Å². The predicted octanol–water partition coefficient (Wildman–Crippen LogP) is 4.75. The van der Waals surface area contributed by atoms with Crippen molar-refractivity contribution in [1.29, 1.82) is 0 Å². The Morgan fingerprint density at radius 1 is 1.23 bits per heavy atom. The minimum absolute atomic E-state index is 0.211. The van der Waals surface area contributed by atoms with Crippen molar-refractivity contribution in [2.45, 2.75) is 39.2 Å². The topological polar surface area (TPSA) is 47.1 Å². The number of rotatable bonds is 5. The van der Waals surface area contributed by atoms with Crippen molar-refractivity contribution in [3.8, 4) is 11.5 Å². The lowest BCUT2D eigenvalue weighted by Gasteiger charge is -2.35. The van der Waals surface area contributed by atoms with Crippen molar-refractivity contribution < 1.29 is 14.2 Å². The molecule has 1 fully saturated rings. The Labute approximate surface area is 185 Å². The number of hydrogen-bond donors (Lipinski definition) is 0. The standard InChI is InChI=1S/C25H33N3O3/c1-18(31-25(2,3)4)27-11-8-19(9-12-27)10-13-28-14-15-30-23-17-26-22-7-6-20(29-5)16-21(22)24(23)28/h6-7,10,16-17H,1,8-9,11-15H2,2-5H3. The van der Waals surface area contributed by atoms with Gasteiger partial charge in [-0.15, -0.1) is 0 Å². The molecule has 0 amide bonds. The van der Waals surface area contributed by atoms with Crippen LogP contribution >= 0.6 is 0 Å². The number of benzene rings is 1. The first-order valence-electron chi connectivity index (χ1n) is 11.0. The van der Waals surface area contributed by atoms with Gasteiger partial charge in [-0.05, 0) is 58.4 Å². The third kappa shape index (κ3) is 4.89. The molecule has 6 nitrogen and oxygen atoms in total. The Morgan fingerprint density at radius 2 is 2.00 bits per heavy atom. The van der Waals surface area contributed by atoms with Crippen LogP contribution in [0.3, 0.4) is 0 Å². The second-order valence-electron chi connectivity index (χ2n) is 9.11. The van der Waals surface area contributed by atoms with Crippen molar-refractivity contribution in [2.75, 3.05) is 44.8 Å². The fourth-order valence-electron chi connectivity index (χ4n) is 4.16. The fourth-order valence-corrected chi connectivity index (χ4v) is 4.16. The van der Waals surface area contributed by atoms with E-state index in [4.69, 9.17) is 14.2 Å². The second kappa shape index (κ2) is 8.69. The van der Waals surface area contributed by atoms with Crippen LogP contribution < -0.4 is 14.4 Å². The van der Waals surface area contributed by atoms with Crippen LogP contribution in [-0.4, -0.2) is 55.4 Å². The van der Waals surface area contributed by atoms with Gasteiger partial charge in [-0.1, -0.05) is 11.6 Å². The van der Waals surface area contributed by atoms with Gasteiger partial charge in [0.15, 0.2) is 11.6 Å². The van der Waals surface area contributed by atoms with E-state index in [0.717, 1.165) is 73.0 Å². The summed E-state index contributed by atoms with van der Waals surface area (Å²) in [5.74, 6) is 2.45. The third-order valence-electron chi connectivity index (χ3n) is 5.73. The normalized spacial score (nSPS) is 16.6. The molecule has 0 atom stereocenters. The highest BCUT2D eigenvalue weighted by Gasteiger charge is 2.23. The second-order valence-corrected chi connectivity index (χ2v) is 9.11. The van der Waals surface area contributed by atoms with E-state index in [0.29, 0.717) is 6.61 Å². The number of ether oxygens (including phenoxy) is 3. The molecule has 0 N–H and O–H groups in total. The molecule has 2 aliphatic heterocycles. The highest BCUT2D eigenvalue weighted by atomic mass is 16.5. The molecule has 1 aromatic heterocycles. The molecule has 4 rings (SSSR count). The van der Waals surface area contributed by atoms with E-state index in [9.17, 15) is 0 Å². The largest absolute Gasteiger partial charge is 0.497 e. The average molecular weight is 424 g/mol. The van der Waals surface area contributed by atoms with E-state index in [1.807, 2.05) is 18.3 Å². The van der Waals surface area contributed by atoms with E-state index < -0.39 is 0 Å². The highest BCUT2D eigenvalue weighted by Crippen LogP contribution is 2.39. The lowest BCUT2D eigenvalue weighted by atomic mass is 10.0. The summed E-state index contributed by atoms with van der Waals surface area (Å²) in [5, 5.41) is 1.07. The van der Waals surface area contributed by atoms with Crippen LogP contribution in [0.4, 0.5) is 5.69 Å². The molecule has 166 valence electrons. The SMILES string of the molecule is C=C(OC(C)(C)C)N1CCC(=CCN2CCOc3cnc4ccc(OC)cc4c32)CC1. The molecule has 0 radical (unpaired) electrons. The lowest BCUT2D eigenvalue weighted by molar-refractivity contribution is 0.00105. The van der Waals surface area contributed by atoms with E-state index in [1.54, 1.807) is 7.11 Å². The molecule has 1 aromatic carbocycles. The molecule has 0 unspecified atom stereocenters. The lowest BCUT2D eigenvalue weighted by Crippen LogP contribution is -2.35. The zero-order valence-electron chi connectivity index (χ0n) is 19.1. The summed E-state index contributed by atoms with van der Waals surface area (Å²) in [4.78, 5) is 9.20. The first kappa shape index (κ1) is 21.3. The van der Waals surface area contributed by atoms with Crippen LogP contribution in [0.2, 0.25) is 0 Å². The molecular weight excluding hydrogens is 390 g/mol. The monoisotopic (exact) mass is 423 g/mol. The molecule has 0 aliphatic carbocycles. The first-order chi connectivity index (χ1) is 14.8. The summed E-state index contributed by atoms with van der Waals surface area (Å²) in [6, 6.07) is 6.00. The van der Waals surface area contributed by atoms with Crippen molar-refractivity contribution in [3.05, 3.63) is 48.5 Å². The first-order valence-corrected chi connectivity index (χ1v) is 11.0. The summed E-state index contributed by atoms with van der Waals surface area (Å²) in [5.41, 5.74) is 3.34. The van der Waals surface area contributed by atoms with Crippen LogP contribution in [0.5, 0.6) is 11.5 Å². The fraction of sp³-hybridized carbons (Fsp3) is 0.480. The van der Waals surface area contributed by atoms with Crippen LogP contribution in [-0.2, 0) is 4.74 Å². The molecule has 2 aromatic rings. The molecule has 2 aliphatic rings. The Kier molecular flexibility index (Phi) is 5.99. The van der Waals surface area contributed by atoms with Gasteiger partial charge >= 0.3 is 0 Å².